The van der Waals surface area contributed by atoms with Gasteiger partial charge in [-0.2, -0.15) is 10.0 Å². The molecule has 0 N–H and O–H groups in total. The van der Waals surface area contributed by atoms with E-state index in [-0.39, 0.29) is 0 Å². The van der Waals surface area contributed by atoms with E-state index in [1.807, 2.05) is 0 Å². The molecule has 0 aromatic carbocycles. The van der Waals surface area contributed by atoms with Crippen molar-refractivity contribution in [2.45, 2.75) is 142 Å². The molecule has 31 heavy (non-hydrogen) atoms. The highest BCUT2D eigenvalue weighted by Gasteiger charge is 2.28. The Morgan fingerprint density at radius 2 is 0.806 bits per heavy atom. The summed E-state index contributed by atoms with van der Waals surface area (Å²) in [5.74, 6) is 4.02. The summed E-state index contributed by atoms with van der Waals surface area (Å²) in [5, 5.41) is 1.16. The van der Waals surface area contributed by atoms with Gasteiger partial charge in [0.15, 0.2) is 5.16 Å². The largest absolute Gasteiger partial charge is 0.225 e. The summed E-state index contributed by atoms with van der Waals surface area (Å²) in [6.07, 6.45) is 28.3. The minimum absolute atomic E-state index is 0.916. The van der Waals surface area contributed by atoms with Crippen molar-refractivity contribution in [1.29, 1.82) is 0 Å². The van der Waals surface area contributed by atoms with Crippen LogP contribution in [0.15, 0.2) is 17.8 Å². The normalized spacial score (nSPS) is 12.4. The maximum absolute atomic E-state index is 4.75. The van der Waals surface area contributed by atoms with Crippen LogP contribution in [0.1, 0.15) is 136 Å². The van der Waals surface area contributed by atoms with Crippen molar-refractivity contribution in [2.75, 3.05) is 17.3 Å². The molecule has 0 saturated carbocycles. The van der Waals surface area contributed by atoms with Crippen molar-refractivity contribution in [3.05, 3.63) is 12.7 Å². The summed E-state index contributed by atoms with van der Waals surface area (Å²) in [4.78, 5) is 13.6. The molecule has 0 unspecified atom stereocenters. The van der Waals surface area contributed by atoms with Crippen LogP contribution in [0.5, 0.6) is 0 Å². The predicted octanol–water partition coefficient (Wildman–Crippen LogP) is 9.12. The standard InChI is InChI=1S/C27H53N3S/c1-4-7-10-13-16-19-22-31(27-29-25-28-26-30-27,23-20-17-14-11-8-5-2)24-21-18-15-12-9-6-3/h25-26H,4-24H2,1-3H3. The smallest absolute Gasteiger partial charge is 0.173 e. The predicted molar refractivity (Wildman–Crippen MR) is 140 cm³/mol. The van der Waals surface area contributed by atoms with E-state index in [0.717, 1.165) is 5.16 Å². The lowest BCUT2D eigenvalue weighted by atomic mass is 10.1. The van der Waals surface area contributed by atoms with E-state index in [9.17, 15) is 0 Å². The fourth-order valence-corrected chi connectivity index (χ4v) is 8.48. The molecular formula is C27H53N3S. The molecule has 0 aliphatic heterocycles. The molecule has 0 saturated heterocycles. The fourth-order valence-electron chi connectivity index (χ4n) is 4.51. The van der Waals surface area contributed by atoms with E-state index in [1.165, 1.54) is 133 Å². The molecule has 4 heteroatoms. The Bertz CT molecular complexity index is 454. The molecule has 1 aromatic heterocycles. The first-order valence-corrected chi connectivity index (χ1v) is 15.8. The zero-order valence-corrected chi connectivity index (χ0v) is 22.1. The minimum atomic E-state index is -0.916. The quantitative estimate of drug-likeness (QED) is 0.165. The second-order valence-electron chi connectivity index (χ2n) is 9.38. The van der Waals surface area contributed by atoms with E-state index >= 15 is 0 Å². The Morgan fingerprint density at radius 1 is 0.484 bits per heavy atom. The highest BCUT2D eigenvalue weighted by molar-refractivity contribution is 8.33. The lowest BCUT2D eigenvalue weighted by Gasteiger charge is -2.39. The third kappa shape index (κ3) is 13.5. The van der Waals surface area contributed by atoms with Crippen LogP contribution in [0, 0.1) is 0 Å². The molecule has 3 nitrogen and oxygen atoms in total. The van der Waals surface area contributed by atoms with Gasteiger partial charge < -0.3 is 0 Å². The van der Waals surface area contributed by atoms with E-state index in [0.29, 0.717) is 0 Å². The van der Waals surface area contributed by atoms with Gasteiger partial charge in [0.1, 0.15) is 12.7 Å². The Labute approximate surface area is 196 Å². The molecule has 182 valence electrons. The fraction of sp³-hybridized carbons (Fsp3) is 0.889. The van der Waals surface area contributed by atoms with E-state index < -0.39 is 10.0 Å². The van der Waals surface area contributed by atoms with Crippen LogP contribution in [-0.2, 0) is 0 Å². The Balaban J connectivity index is 2.71. The minimum Gasteiger partial charge on any atom is -0.225 e. The van der Waals surface area contributed by atoms with Crippen LogP contribution >= 0.6 is 10.0 Å². The summed E-state index contributed by atoms with van der Waals surface area (Å²) in [5.41, 5.74) is 0. The monoisotopic (exact) mass is 451 g/mol. The van der Waals surface area contributed by atoms with Gasteiger partial charge in [0.2, 0.25) is 0 Å². The first-order chi connectivity index (χ1) is 15.3. The molecule has 0 atom stereocenters. The molecule has 0 aliphatic rings. The lowest BCUT2D eigenvalue weighted by Crippen LogP contribution is -2.18. The van der Waals surface area contributed by atoms with Gasteiger partial charge in [0.25, 0.3) is 0 Å². The van der Waals surface area contributed by atoms with Gasteiger partial charge >= 0.3 is 0 Å². The SMILES string of the molecule is CCCCCCCCS(CCCCCCCC)(CCCCCCCC)c1ncncn1. The summed E-state index contributed by atoms with van der Waals surface area (Å²) in [6, 6.07) is 0. The first-order valence-electron chi connectivity index (χ1n) is 13.7. The molecule has 0 bridgehead atoms. The van der Waals surface area contributed by atoms with Crippen molar-refractivity contribution in [3.8, 4) is 0 Å². The van der Waals surface area contributed by atoms with Crippen molar-refractivity contribution in [1.82, 2.24) is 15.0 Å². The van der Waals surface area contributed by atoms with Gasteiger partial charge in [-0.25, -0.2) is 15.0 Å². The molecule has 1 aromatic rings. The van der Waals surface area contributed by atoms with Crippen LogP contribution in [-0.4, -0.2) is 32.2 Å². The zero-order valence-electron chi connectivity index (χ0n) is 21.3. The van der Waals surface area contributed by atoms with Crippen molar-refractivity contribution < 1.29 is 0 Å². The van der Waals surface area contributed by atoms with Crippen LogP contribution < -0.4 is 0 Å². The zero-order chi connectivity index (χ0) is 22.5. The van der Waals surface area contributed by atoms with E-state index in [2.05, 4.69) is 25.8 Å². The molecule has 0 spiro atoms. The van der Waals surface area contributed by atoms with Crippen LogP contribution in [0.4, 0.5) is 0 Å². The lowest BCUT2D eigenvalue weighted by molar-refractivity contribution is 0.616. The van der Waals surface area contributed by atoms with Crippen LogP contribution in [0.3, 0.4) is 0 Å². The number of unbranched alkanes of at least 4 members (excludes halogenated alkanes) is 15. The molecule has 0 amide bonds. The number of rotatable bonds is 22. The summed E-state index contributed by atoms with van der Waals surface area (Å²) >= 11 is 0. The van der Waals surface area contributed by atoms with Gasteiger partial charge in [0.05, 0.1) is 0 Å². The summed E-state index contributed by atoms with van der Waals surface area (Å²) in [6.45, 7) is 6.91. The maximum Gasteiger partial charge on any atom is 0.173 e. The molecular weight excluding hydrogens is 398 g/mol. The highest BCUT2D eigenvalue weighted by Crippen LogP contribution is 2.56. The van der Waals surface area contributed by atoms with Gasteiger partial charge in [-0.05, 0) is 36.5 Å². The Hall–Kier alpha value is -0.640. The maximum atomic E-state index is 4.75. The average molecular weight is 452 g/mol. The molecule has 1 rings (SSSR count). The molecule has 0 fully saturated rings. The van der Waals surface area contributed by atoms with Crippen LogP contribution in [0.2, 0.25) is 0 Å². The van der Waals surface area contributed by atoms with Crippen molar-refractivity contribution in [3.63, 3.8) is 0 Å². The average Bonchev–Trinajstić information content (AvgIpc) is 2.80. The number of hydrogen-bond acceptors (Lipinski definition) is 3. The number of nitrogens with zero attached hydrogens (tertiary/aromatic N) is 3. The topological polar surface area (TPSA) is 38.7 Å². The van der Waals surface area contributed by atoms with Crippen molar-refractivity contribution >= 4 is 10.0 Å². The Kier molecular flexibility index (Phi) is 18.3. The van der Waals surface area contributed by atoms with Crippen LogP contribution in [0.25, 0.3) is 0 Å². The van der Waals surface area contributed by atoms with Gasteiger partial charge in [0, 0.05) is 0 Å². The first kappa shape index (κ1) is 28.4. The summed E-state index contributed by atoms with van der Waals surface area (Å²) in [7, 11) is -0.916. The second-order valence-corrected chi connectivity index (χ2v) is 13.1. The van der Waals surface area contributed by atoms with Gasteiger partial charge in [-0.1, -0.05) is 117 Å². The van der Waals surface area contributed by atoms with E-state index in [1.54, 1.807) is 12.7 Å². The third-order valence-corrected chi connectivity index (χ3v) is 10.7. The number of hydrogen-bond donors (Lipinski definition) is 0. The third-order valence-electron chi connectivity index (χ3n) is 6.52. The molecule has 1 heterocycles. The Morgan fingerprint density at radius 3 is 1.16 bits per heavy atom. The second kappa shape index (κ2) is 20.0. The summed E-state index contributed by atoms with van der Waals surface area (Å²) < 4.78 is 0. The van der Waals surface area contributed by atoms with Crippen molar-refractivity contribution in [2.24, 2.45) is 0 Å². The van der Waals surface area contributed by atoms with Gasteiger partial charge in [-0.15, -0.1) is 0 Å². The van der Waals surface area contributed by atoms with E-state index in [4.69, 9.17) is 9.97 Å². The molecule has 0 radical (unpaired) electrons. The highest BCUT2D eigenvalue weighted by atomic mass is 32.3. The molecule has 0 aliphatic carbocycles. The number of aromatic nitrogens is 3. The van der Waals surface area contributed by atoms with Gasteiger partial charge in [-0.3, -0.25) is 0 Å².